The quantitative estimate of drug-likeness (QED) is 0.631. The normalized spacial score (nSPS) is 10.1. The first kappa shape index (κ1) is 27.4. The topological polar surface area (TPSA) is 54.6 Å². The molecule has 2 unspecified atom stereocenters. The molecule has 0 radical (unpaired) electrons. The summed E-state index contributed by atoms with van der Waals surface area (Å²) in [5.74, 6) is 1.61. The Labute approximate surface area is 128 Å². The molecule has 19 heavy (non-hydrogen) atoms. The number of nitrogens with zero attached hydrogens (tertiary/aromatic N) is 3. The molecule has 0 saturated heterocycles. The molecule has 7 heteroatoms. The van der Waals surface area contributed by atoms with E-state index in [0.717, 1.165) is 20.7 Å². The van der Waals surface area contributed by atoms with Gasteiger partial charge in [-0.1, -0.05) is 34.4 Å². The molecule has 0 bridgehead atoms. The van der Waals surface area contributed by atoms with Crippen molar-refractivity contribution in [2.45, 2.75) is 35.6 Å². The van der Waals surface area contributed by atoms with Crippen molar-refractivity contribution in [1.82, 2.24) is 15.0 Å². The Balaban J connectivity index is -0.0000000571. The molecule has 1 aromatic heterocycles. The Bertz CT molecular complexity index is 294. The lowest BCUT2D eigenvalue weighted by molar-refractivity contribution is 0.713. The first-order valence-electron chi connectivity index (χ1n) is 5.35. The minimum atomic E-state index is -0.163. The average Bonchev–Trinajstić information content (AvgIpc) is 2.66. The van der Waals surface area contributed by atoms with Gasteiger partial charge >= 0.3 is 0 Å². The van der Waals surface area contributed by atoms with Gasteiger partial charge in [0.05, 0.1) is 5.69 Å². The third-order valence-corrected chi connectivity index (χ3v) is 1.96. The van der Waals surface area contributed by atoms with Crippen LogP contribution in [-0.2, 0) is 13.5 Å². The zero-order chi connectivity index (χ0) is 13.7. The maximum Gasteiger partial charge on any atom is 0.187 e. The molecule has 0 aliphatic rings. The number of aryl methyl sites for hydroxylation is 2. The molecule has 0 fully saturated rings. The van der Waals surface area contributed by atoms with E-state index in [1.165, 1.54) is 0 Å². The van der Waals surface area contributed by atoms with Crippen LogP contribution in [-0.4, -0.2) is 40.9 Å². The molecule has 0 aliphatic heterocycles. The van der Waals surface area contributed by atoms with Gasteiger partial charge in [0.25, 0.3) is 0 Å². The molecule has 1 N–H and O–H groups in total. The highest BCUT2D eigenvalue weighted by Gasteiger charge is 1.90. The molecular formula is C12H35N4P3. The minimum Gasteiger partial charge on any atom is -0.308 e. The van der Waals surface area contributed by atoms with E-state index in [4.69, 9.17) is 1.41 Å². The van der Waals surface area contributed by atoms with Gasteiger partial charge in [-0.3, -0.25) is 4.68 Å². The zero-order valence-electron chi connectivity index (χ0n) is 11.7. The Hall–Kier alpha value is 0.1000. The number of hydrogen-bond donors (Lipinski definition) is 1. The van der Waals surface area contributed by atoms with E-state index in [9.17, 15) is 0 Å². The van der Waals surface area contributed by atoms with Gasteiger partial charge in [0, 0.05) is 19.2 Å². The summed E-state index contributed by atoms with van der Waals surface area (Å²) in [6.07, 6.45) is 2.88. The van der Waals surface area contributed by atoms with Crippen LogP contribution < -0.4 is 0 Å². The van der Waals surface area contributed by atoms with Gasteiger partial charge in [0.2, 0.25) is 0 Å². The van der Waals surface area contributed by atoms with Gasteiger partial charge in [0.15, 0.2) is 1.41 Å². The number of rotatable bonds is 2. The van der Waals surface area contributed by atoms with E-state index in [2.05, 4.69) is 44.9 Å². The molecule has 0 aromatic carbocycles. The monoisotopic (exact) mass is 330 g/mol. The van der Waals surface area contributed by atoms with Gasteiger partial charge < -0.3 is 5.40 Å². The average molecular weight is 330 g/mol. The second-order valence-corrected chi connectivity index (χ2v) is 8.02. The predicted molar refractivity (Wildman–Crippen MR) is 102 cm³/mol. The fourth-order valence-electron chi connectivity index (χ4n) is 0.557. The van der Waals surface area contributed by atoms with Crippen LogP contribution in [0.5, 0.6) is 0 Å². The SMILES string of the molecule is C.C.C.CCc1cn(C)nn1.CPC.[3H]N=CP(C)P. The van der Waals surface area contributed by atoms with Crippen molar-refractivity contribution in [1.29, 1.82) is 5.40 Å². The molecule has 2 atom stereocenters. The Morgan fingerprint density at radius 2 is 2.00 bits per heavy atom. The van der Waals surface area contributed by atoms with Crippen LogP contribution in [0.3, 0.4) is 0 Å². The van der Waals surface area contributed by atoms with Gasteiger partial charge in [-0.25, -0.2) is 0 Å². The lowest BCUT2D eigenvalue weighted by Gasteiger charge is -1.83. The zero-order valence-corrected chi connectivity index (χ0v) is 13.7. The van der Waals surface area contributed by atoms with Gasteiger partial charge in [0.1, 0.15) is 0 Å². The van der Waals surface area contributed by atoms with Crippen LogP contribution in [0, 0.1) is 5.40 Å². The summed E-state index contributed by atoms with van der Waals surface area (Å²) in [4.78, 5) is 0. The number of hydrogen-bond acceptors (Lipinski definition) is 3. The number of aromatic nitrogens is 3. The largest absolute Gasteiger partial charge is 0.308 e. The Kier molecular flexibility index (Phi) is 33.5. The van der Waals surface area contributed by atoms with Crippen molar-refractivity contribution in [2.75, 3.05) is 20.0 Å². The fraction of sp³-hybridized carbons (Fsp3) is 0.750. The van der Waals surface area contributed by atoms with E-state index in [0.29, 0.717) is 0 Å². The predicted octanol–water partition coefficient (Wildman–Crippen LogP) is 4.71. The maximum absolute atomic E-state index is 6.31. The standard InChI is InChI=1S/C5H9N3.C2H7NP2.C2H7P.3CH4/c1-3-5-4-8(2)7-6-5;1-5(4)2-3;1-3-2;;;/h4H,3H2,1-2H3;2-3H,4H2,1H3;3H,1-2H3;3*1H4/i/hT. The van der Waals surface area contributed by atoms with Crippen molar-refractivity contribution in [3.05, 3.63) is 11.9 Å². The molecule has 1 rings (SSSR count). The third kappa shape index (κ3) is 27.3. The molecule has 0 amide bonds. The van der Waals surface area contributed by atoms with Crippen LogP contribution in [0.25, 0.3) is 0 Å². The molecule has 4 nitrogen and oxygen atoms in total. The van der Waals surface area contributed by atoms with Gasteiger partial charge in [-0.05, 0) is 34.0 Å². The van der Waals surface area contributed by atoms with Crippen molar-refractivity contribution in [2.24, 2.45) is 7.05 Å². The van der Waals surface area contributed by atoms with Gasteiger partial charge in [-0.2, -0.15) is 0 Å². The molecule has 1 heterocycles. The summed E-state index contributed by atoms with van der Waals surface area (Å²) in [7, 11) is 5.36. The maximum atomic E-state index is 6.31. The molecule has 118 valence electrons. The summed E-state index contributed by atoms with van der Waals surface area (Å²) in [6.45, 7) is 8.38. The Morgan fingerprint density at radius 1 is 1.53 bits per heavy atom. The molecule has 0 aliphatic carbocycles. The summed E-state index contributed by atoms with van der Waals surface area (Å²) < 4.78 is 8.01. The number of nitrogens with one attached hydrogen (secondary N) is 1. The minimum absolute atomic E-state index is 0. The van der Waals surface area contributed by atoms with E-state index >= 15 is 0 Å². The third-order valence-electron chi connectivity index (χ3n) is 1.19. The van der Waals surface area contributed by atoms with E-state index in [1.807, 2.05) is 19.9 Å². The fourth-order valence-corrected chi connectivity index (χ4v) is 0.557. The van der Waals surface area contributed by atoms with E-state index in [1.54, 1.807) is 10.6 Å². The van der Waals surface area contributed by atoms with E-state index < -0.39 is 0 Å². The van der Waals surface area contributed by atoms with E-state index in [-0.39, 0.29) is 29.9 Å². The second-order valence-electron chi connectivity index (χ2n) is 3.02. The van der Waals surface area contributed by atoms with Crippen LogP contribution in [0.1, 0.15) is 34.9 Å². The van der Waals surface area contributed by atoms with Gasteiger partial charge in [-0.15, -0.1) is 22.6 Å². The first-order chi connectivity index (χ1) is 8.01. The van der Waals surface area contributed by atoms with Crippen molar-refractivity contribution in [3.63, 3.8) is 0 Å². The lowest BCUT2D eigenvalue weighted by atomic mass is 10.4. The van der Waals surface area contributed by atoms with Crippen molar-refractivity contribution < 1.29 is 1.41 Å². The van der Waals surface area contributed by atoms with Crippen LogP contribution >= 0.6 is 25.1 Å². The Morgan fingerprint density at radius 3 is 2.11 bits per heavy atom. The first-order valence-corrected chi connectivity index (χ1v) is 10.4. The van der Waals surface area contributed by atoms with Crippen molar-refractivity contribution in [3.8, 4) is 0 Å². The molecular weight excluding hydrogens is 293 g/mol. The summed E-state index contributed by atoms with van der Waals surface area (Å²) in [5.41, 5.74) is 1.05. The lowest BCUT2D eigenvalue weighted by Crippen LogP contribution is -1.85. The van der Waals surface area contributed by atoms with Crippen molar-refractivity contribution >= 4 is 31.1 Å². The molecule has 0 spiro atoms. The molecule has 1 aromatic rings. The summed E-state index contributed by atoms with van der Waals surface area (Å²) in [5, 5.41) is 10.7. The summed E-state index contributed by atoms with van der Waals surface area (Å²) in [6, 6.07) is 0. The second kappa shape index (κ2) is 23.2. The highest BCUT2D eigenvalue weighted by molar-refractivity contribution is 8.20. The van der Waals surface area contributed by atoms with Crippen LogP contribution in [0.2, 0.25) is 1.41 Å². The highest BCUT2D eigenvalue weighted by atomic mass is 32.0. The highest BCUT2D eigenvalue weighted by Crippen LogP contribution is 2.35. The van der Waals surface area contributed by atoms with Crippen LogP contribution in [0.4, 0.5) is 0 Å². The smallest absolute Gasteiger partial charge is 0.187 e. The van der Waals surface area contributed by atoms with Crippen LogP contribution in [0.15, 0.2) is 6.20 Å². The summed E-state index contributed by atoms with van der Waals surface area (Å²) >= 11 is 0. The molecule has 0 saturated carbocycles.